The van der Waals surface area contributed by atoms with Gasteiger partial charge in [0.2, 0.25) is 0 Å². The highest BCUT2D eigenvalue weighted by atomic mass is 16.7. The minimum atomic E-state index is -0.181. The molecule has 1 atom stereocenters. The topological polar surface area (TPSA) is 24.5 Å². The van der Waals surface area contributed by atoms with Gasteiger partial charge in [-0.2, -0.15) is 0 Å². The van der Waals surface area contributed by atoms with Gasteiger partial charge in [-0.05, 0) is 23.6 Å². The minimum Gasteiger partial charge on any atom is -0.296 e. The Bertz CT molecular complexity index is 668. The summed E-state index contributed by atoms with van der Waals surface area (Å²) in [4.78, 5) is 8.41. The van der Waals surface area contributed by atoms with Crippen LogP contribution in [0.3, 0.4) is 0 Å². The van der Waals surface area contributed by atoms with Gasteiger partial charge in [-0.25, -0.2) is 0 Å². The summed E-state index contributed by atoms with van der Waals surface area (Å²) in [5.41, 5.74) is 6.57. The van der Waals surface area contributed by atoms with Gasteiger partial charge in [-0.15, -0.1) is 0 Å². The van der Waals surface area contributed by atoms with Crippen LogP contribution in [-0.4, -0.2) is 23.6 Å². The van der Waals surface area contributed by atoms with E-state index in [1.165, 1.54) is 11.1 Å². The summed E-state index contributed by atoms with van der Waals surface area (Å²) in [6.07, 6.45) is 3.29. The standard InChI is InChI=1S/C19H20N2O/c1-3-7-16(8-4-1)14-21-12-11-19(15-21)13-18(20-22-19)17-9-5-2-6-10-17/h1-10,13,20H,11-12,14-15H2. The minimum absolute atomic E-state index is 0.181. The van der Waals surface area contributed by atoms with Crippen molar-refractivity contribution in [2.75, 3.05) is 13.1 Å². The quantitative estimate of drug-likeness (QED) is 0.940. The second-order valence-corrected chi connectivity index (χ2v) is 6.14. The van der Waals surface area contributed by atoms with Gasteiger partial charge in [0.05, 0.1) is 5.70 Å². The van der Waals surface area contributed by atoms with E-state index in [0.717, 1.165) is 31.8 Å². The van der Waals surface area contributed by atoms with Crippen LogP contribution >= 0.6 is 0 Å². The molecular weight excluding hydrogens is 272 g/mol. The first-order valence-corrected chi connectivity index (χ1v) is 7.82. The molecule has 3 nitrogen and oxygen atoms in total. The monoisotopic (exact) mass is 292 g/mol. The highest BCUT2D eigenvalue weighted by Crippen LogP contribution is 2.34. The molecule has 0 bridgehead atoms. The van der Waals surface area contributed by atoms with E-state index in [1.807, 2.05) is 6.07 Å². The van der Waals surface area contributed by atoms with Crippen LogP contribution in [0.25, 0.3) is 5.70 Å². The molecule has 2 aliphatic rings. The Balaban J connectivity index is 1.47. The van der Waals surface area contributed by atoms with Crippen LogP contribution in [0, 0.1) is 0 Å². The molecule has 0 amide bonds. The molecular formula is C19H20N2O. The zero-order valence-corrected chi connectivity index (χ0v) is 12.5. The fourth-order valence-electron chi connectivity index (χ4n) is 3.30. The van der Waals surface area contributed by atoms with Crippen LogP contribution in [0.2, 0.25) is 0 Å². The van der Waals surface area contributed by atoms with Crippen LogP contribution in [0.5, 0.6) is 0 Å². The van der Waals surface area contributed by atoms with E-state index in [2.05, 4.69) is 71.1 Å². The van der Waals surface area contributed by atoms with Crippen molar-refractivity contribution < 1.29 is 4.84 Å². The van der Waals surface area contributed by atoms with Gasteiger partial charge in [-0.3, -0.25) is 15.2 Å². The van der Waals surface area contributed by atoms with Gasteiger partial charge in [0.15, 0.2) is 0 Å². The third kappa shape index (κ3) is 2.65. The molecule has 2 aromatic rings. The Morgan fingerprint density at radius 2 is 1.73 bits per heavy atom. The number of hydrogen-bond acceptors (Lipinski definition) is 3. The van der Waals surface area contributed by atoms with Crippen molar-refractivity contribution in [1.82, 2.24) is 10.4 Å². The molecule has 4 rings (SSSR count). The maximum absolute atomic E-state index is 5.95. The molecule has 1 spiro atoms. The van der Waals surface area contributed by atoms with Crippen molar-refractivity contribution in [1.29, 1.82) is 0 Å². The largest absolute Gasteiger partial charge is 0.296 e. The van der Waals surface area contributed by atoms with Crippen molar-refractivity contribution in [2.45, 2.75) is 18.6 Å². The van der Waals surface area contributed by atoms with Gasteiger partial charge in [0, 0.05) is 19.6 Å². The lowest BCUT2D eigenvalue weighted by molar-refractivity contribution is -0.0268. The van der Waals surface area contributed by atoms with Crippen LogP contribution in [0.15, 0.2) is 66.7 Å². The number of benzene rings is 2. The van der Waals surface area contributed by atoms with Gasteiger partial charge < -0.3 is 0 Å². The summed E-state index contributed by atoms with van der Waals surface area (Å²) in [6, 6.07) is 21.0. The van der Waals surface area contributed by atoms with Crippen LogP contribution in [-0.2, 0) is 11.4 Å². The third-order valence-corrected chi connectivity index (χ3v) is 4.45. The van der Waals surface area contributed by atoms with Gasteiger partial charge in [0.1, 0.15) is 5.60 Å². The lowest BCUT2D eigenvalue weighted by Crippen LogP contribution is -2.33. The van der Waals surface area contributed by atoms with E-state index in [-0.39, 0.29) is 5.60 Å². The van der Waals surface area contributed by atoms with Gasteiger partial charge in [0.25, 0.3) is 0 Å². The molecule has 0 aliphatic carbocycles. The first-order valence-electron chi connectivity index (χ1n) is 7.82. The first-order chi connectivity index (χ1) is 10.8. The molecule has 1 fully saturated rings. The van der Waals surface area contributed by atoms with E-state index >= 15 is 0 Å². The first kappa shape index (κ1) is 13.6. The van der Waals surface area contributed by atoms with E-state index in [4.69, 9.17) is 4.84 Å². The Morgan fingerprint density at radius 3 is 2.50 bits per heavy atom. The second-order valence-electron chi connectivity index (χ2n) is 6.14. The molecule has 1 N–H and O–H groups in total. The predicted octanol–water partition coefficient (Wildman–Crippen LogP) is 3.21. The molecule has 0 radical (unpaired) electrons. The maximum atomic E-state index is 5.95. The molecule has 2 aliphatic heterocycles. The zero-order valence-electron chi connectivity index (χ0n) is 12.5. The van der Waals surface area contributed by atoms with Crippen LogP contribution < -0.4 is 5.48 Å². The van der Waals surface area contributed by atoms with Crippen LogP contribution in [0.4, 0.5) is 0 Å². The molecule has 2 heterocycles. The number of rotatable bonds is 3. The number of hydroxylamine groups is 1. The SMILES string of the molecule is C1=C(c2ccccc2)NOC12CCN(Cc1ccccc1)C2. The Kier molecular flexibility index (Phi) is 3.45. The van der Waals surface area contributed by atoms with Crippen molar-refractivity contribution in [3.8, 4) is 0 Å². The molecule has 112 valence electrons. The number of nitrogens with zero attached hydrogens (tertiary/aromatic N) is 1. The smallest absolute Gasteiger partial charge is 0.130 e. The second kappa shape index (κ2) is 5.59. The lowest BCUT2D eigenvalue weighted by atomic mass is 10.0. The molecule has 1 saturated heterocycles. The molecule has 0 saturated carbocycles. The van der Waals surface area contributed by atoms with E-state index in [1.54, 1.807) is 0 Å². The van der Waals surface area contributed by atoms with Crippen molar-refractivity contribution >= 4 is 5.70 Å². The summed E-state index contributed by atoms with van der Waals surface area (Å²) in [6.45, 7) is 2.99. The van der Waals surface area contributed by atoms with Gasteiger partial charge in [-0.1, -0.05) is 60.7 Å². The number of nitrogens with one attached hydrogen (secondary N) is 1. The van der Waals surface area contributed by atoms with E-state index < -0.39 is 0 Å². The molecule has 1 unspecified atom stereocenters. The van der Waals surface area contributed by atoms with Gasteiger partial charge >= 0.3 is 0 Å². The van der Waals surface area contributed by atoms with E-state index in [9.17, 15) is 0 Å². The predicted molar refractivity (Wildman–Crippen MR) is 87.7 cm³/mol. The third-order valence-electron chi connectivity index (χ3n) is 4.45. The van der Waals surface area contributed by atoms with Crippen LogP contribution in [0.1, 0.15) is 17.5 Å². The summed E-state index contributed by atoms with van der Waals surface area (Å²) >= 11 is 0. The van der Waals surface area contributed by atoms with Crippen molar-refractivity contribution in [3.63, 3.8) is 0 Å². The molecule has 22 heavy (non-hydrogen) atoms. The average molecular weight is 292 g/mol. The highest BCUT2D eigenvalue weighted by molar-refractivity contribution is 5.65. The zero-order chi connectivity index (χ0) is 14.8. The summed E-state index contributed by atoms with van der Waals surface area (Å²) < 4.78 is 0. The van der Waals surface area contributed by atoms with Crippen molar-refractivity contribution in [2.24, 2.45) is 0 Å². The van der Waals surface area contributed by atoms with Crippen molar-refractivity contribution in [3.05, 3.63) is 77.9 Å². The molecule has 0 aromatic heterocycles. The fraction of sp³-hybridized carbons (Fsp3) is 0.263. The molecule has 3 heteroatoms. The number of likely N-dealkylation sites (tertiary alicyclic amines) is 1. The normalized spacial score (nSPS) is 24.5. The summed E-state index contributed by atoms with van der Waals surface area (Å²) in [5.74, 6) is 0. The Hall–Kier alpha value is -2.10. The molecule has 2 aromatic carbocycles. The Morgan fingerprint density at radius 1 is 1.00 bits per heavy atom. The highest BCUT2D eigenvalue weighted by Gasteiger charge is 2.41. The average Bonchev–Trinajstić information content (AvgIpc) is 3.17. The summed E-state index contributed by atoms with van der Waals surface area (Å²) in [5, 5.41) is 0. The number of hydrogen-bond donors (Lipinski definition) is 1. The lowest BCUT2D eigenvalue weighted by Gasteiger charge is -2.20. The fourth-order valence-corrected chi connectivity index (χ4v) is 3.30. The summed E-state index contributed by atoms with van der Waals surface area (Å²) in [7, 11) is 0. The van der Waals surface area contributed by atoms with E-state index in [0.29, 0.717) is 0 Å². The maximum Gasteiger partial charge on any atom is 0.130 e. The Labute approximate surface area is 131 Å².